The van der Waals surface area contributed by atoms with Crippen molar-refractivity contribution in [1.82, 2.24) is 15.5 Å². The molecule has 0 radical (unpaired) electrons. The number of piperidine rings is 1. The number of anilines is 1. The van der Waals surface area contributed by atoms with Crippen molar-refractivity contribution in [1.29, 1.82) is 0 Å². The van der Waals surface area contributed by atoms with Crippen molar-refractivity contribution < 1.29 is 14.4 Å². The number of benzene rings is 1. The predicted molar refractivity (Wildman–Crippen MR) is 99.8 cm³/mol. The van der Waals surface area contributed by atoms with Crippen molar-refractivity contribution in [3.8, 4) is 0 Å². The minimum absolute atomic E-state index is 0.00600. The molecular formula is C18H21BrN4O3. The zero-order valence-electron chi connectivity index (χ0n) is 14.3. The molecule has 3 heterocycles. The van der Waals surface area contributed by atoms with E-state index in [0.29, 0.717) is 30.6 Å². The number of hydrogen-bond acceptors (Lipinski definition) is 4. The van der Waals surface area contributed by atoms with Crippen LogP contribution in [0.1, 0.15) is 36.0 Å². The largest absolute Gasteiger partial charge is 0.352 e. The van der Waals surface area contributed by atoms with E-state index in [1.807, 2.05) is 0 Å². The van der Waals surface area contributed by atoms with Crippen molar-refractivity contribution >= 4 is 39.3 Å². The van der Waals surface area contributed by atoms with Gasteiger partial charge < -0.3 is 20.9 Å². The number of hydrogen-bond donors (Lipinski definition) is 3. The number of nitrogens with zero attached hydrogens (tertiary/aromatic N) is 1. The summed E-state index contributed by atoms with van der Waals surface area (Å²) in [6.45, 7) is 1.32. The summed E-state index contributed by atoms with van der Waals surface area (Å²) in [5.41, 5.74) is 1.03. The van der Waals surface area contributed by atoms with Crippen molar-refractivity contribution in [2.45, 2.75) is 43.8 Å². The van der Waals surface area contributed by atoms with Crippen LogP contribution in [-0.4, -0.2) is 53.8 Å². The van der Waals surface area contributed by atoms with E-state index in [-0.39, 0.29) is 29.8 Å². The predicted octanol–water partition coefficient (Wildman–Crippen LogP) is 1.24. The summed E-state index contributed by atoms with van der Waals surface area (Å²) in [6, 6.07) is 4.47. The SMILES string of the molecule is O=C(NC1CCN2C(=O)c3cc(Br)ccc3NC(=O)C2C1)C1CCCN1. The molecule has 0 bridgehead atoms. The van der Waals surface area contributed by atoms with Crippen molar-refractivity contribution in [3.05, 3.63) is 28.2 Å². The number of amides is 3. The van der Waals surface area contributed by atoms with Gasteiger partial charge in [0.15, 0.2) is 0 Å². The van der Waals surface area contributed by atoms with E-state index in [1.54, 1.807) is 23.1 Å². The summed E-state index contributed by atoms with van der Waals surface area (Å²) in [5.74, 6) is -0.349. The Morgan fingerprint density at radius 1 is 1.27 bits per heavy atom. The van der Waals surface area contributed by atoms with Crippen molar-refractivity contribution in [3.63, 3.8) is 0 Å². The zero-order valence-corrected chi connectivity index (χ0v) is 15.8. The van der Waals surface area contributed by atoms with Crippen LogP contribution in [0.3, 0.4) is 0 Å². The highest BCUT2D eigenvalue weighted by Crippen LogP contribution is 2.30. The fourth-order valence-corrected chi connectivity index (χ4v) is 4.33. The first-order valence-corrected chi connectivity index (χ1v) is 9.77. The number of carbonyl (C=O) groups excluding carboxylic acids is 3. The molecule has 7 nitrogen and oxygen atoms in total. The summed E-state index contributed by atoms with van der Waals surface area (Å²) < 4.78 is 0.795. The molecule has 1 aromatic carbocycles. The first kappa shape index (κ1) is 17.5. The highest BCUT2D eigenvalue weighted by Gasteiger charge is 2.40. The van der Waals surface area contributed by atoms with E-state index < -0.39 is 6.04 Å². The first-order valence-electron chi connectivity index (χ1n) is 8.98. The Bertz CT molecular complexity index is 763. The molecule has 3 amide bonds. The van der Waals surface area contributed by atoms with Crippen LogP contribution in [-0.2, 0) is 9.59 Å². The van der Waals surface area contributed by atoms with Gasteiger partial charge in [0, 0.05) is 17.1 Å². The fraction of sp³-hybridized carbons (Fsp3) is 0.500. The Labute approximate surface area is 160 Å². The van der Waals surface area contributed by atoms with Crippen LogP contribution >= 0.6 is 15.9 Å². The molecule has 3 N–H and O–H groups in total. The maximum Gasteiger partial charge on any atom is 0.256 e. The summed E-state index contributed by atoms with van der Waals surface area (Å²) in [6.07, 6.45) is 2.93. The second-order valence-electron chi connectivity index (χ2n) is 7.07. The van der Waals surface area contributed by atoms with E-state index in [4.69, 9.17) is 0 Å². The van der Waals surface area contributed by atoms with Gasteiger partial charge in [-0.3, -0.25) is 14.4 Å². The minimum atomic E-state index is -0.565. The number of halogens is 1. The van der Waals surface area contributed by atoms with Gasteiger partial charge in [0.2, 0.25) is 11.8 Å². The van der Waals surface area contributed by atoms with Crippen LogP contribution in [0, 0.1) is 0 Å². The molecule has 26 heavy (non-hydrogen) atoms. The molecule has 0 aromatic heterocycles. The smallest absolute Gasteiger partial charge is 0.256 e. The normalized spacial score (nSPS) is 28.0. The van der Waals surface area contributed by atoms with Gasteiger partial charge in [0.25, 0.3) is 5.91 Å². The second-order valence-corrected chi connectivity index (χ2v) is 7.99. The Morgan fingerprint density at radius 2 is 2.12 bits per heavy atom. The molecule has 1 aromatic rings. The molecule has 3 unspecified atom stereocenters. The Hall–Kier alpha value is -1.93. The number of nitrogens with one attached hydrogen (secondary N) is 3. The lowest BCUT2D eigenvalue weighted by Gasteiger charge is -2.37. The lowest BCUT2D eigenvalue weighted by Crippen LogP contribution is -2.56. The standard InChI is InChI=1S/C18H21BrN4O3/c19-10-3-4-13-12(8-10)18(26)23-7-5-11(9-15(23)17(25)22-13)21-16(24)14-2-1-6-20-14/h3-4,8,11,14-15,20H,1-2,5-7,9H2,(H,21,24)(H,22,25). The average Bonchev–Trinajstić information content (AvgIpc) is 3.14. The van der Waals surface area contributed by atoms with Crippen LogP contribution in [0.4, 0.5) is 5.69 Å². The molecule has 2 fully saturated rings. The van der Waals surface area contributed by atoms with Crippen LogP contribution < -0.4 is 16.0 Å². The van der Waals surface area contributed by atoms with Crippen LogP contribution in [0.5, 0.6) is 0 Å². The number of carbonyl (C=O) groups is 3. The van der Waals surface area contributed by atoms with Gasteiger partial charge in [0.1, 0.15) is 6.04 Å². The Morgan fingerprint density at radius 3 is 2.88 bits per heavy atom. The number of rotatable bonds is 2. The highest BCUT2D eigenvalue weighted by atomic mass is 79.9. The molecule has 3 aliphatic rings. The molecule has 3 atom stereocenters. The molecule has 3 aliphatic heterocycles. The molecule has 2 saturated heterocycles. The molecule has 0 aliphatic carbocycles. The Balaban J connectivity index is 1.50. The molecule has 8 heteroatoms. The third-order valence-electron chi connectivity index (χ3n) is 5.36. The van der Waals surface area contributed by atoms with Crippen molar-refractivity contribution in [2.75, 3.05) is 18.4 Å². The van der Waals surface area contributed by atoms with Crippen molar-refractivity contribution in [2.24, 2.45) is 0 Å². The van der Waals surface area contributed by atoms with Gasteiger partial charge in [-0.1, -0.05) is 15.9 Å². The van der Waals surface area contributed by atoms with Gasteiger partial charge in [-0.25, -0.2) is 0 Å². The summed E-state index contributed by atoms with van der Waals surface area (Å²) in [5, 5.41) is 9.10. The van der Waals surface area contributed by atoms with E-state index in [1.165, 1.54) is 0 Å². The highest BCUT2D eigenvalue weighted by molar-refractivity contribution is 9.10. The van der Waals surface area contributed by atoms with Crippen LogP contribution in [0.25, 0.3) is 0 Å². The van der Waals surface area contributed by atoms with Crippen LogP contribution in [0.15, 0.2) is 22.7 Å². The lowest BCUT2D eigenvalue weighted by atomic mass is 9.95. The van der Waals surface area contributed by atoms with Gasteiger partial charge >= 0.3 is 0 Å². The summed E-state index contributed by atoms with van der Waals surface area (Å²) in [7, 11) is 0. The minimum Gasteiger partial charge on any atom is -0.352 e. The number of fused-ring (bicyclic) bond motifs is 2. The summed E-state index contributed by atoms with van der Waals surface area (Å²) >= 11 is 3.38. The van der Waals surface area contributed by atoms with E-state index in [9.17, 15) is 14.4 Å². The Kier molecular flexibility index (Phi) is 4.71. The topological polar surface area (TPSA) is 90.5 Å². The zero-order chi connectivity index (χ0) is 18.3. The molecule has 138 valence electrons. The van der Waals surface area contributed by atoms with E-state index in [2.05, 4.69) is 31.9 Å². The maximum absolute atomic E-state index is 12.9. The van der Waals surface area contributed by atoms with Gasteiger partial charge in [-0.2, -0.15) is 0 Å². The van der Waals surface area contributed by atoms with E-state index in [0.717, 1.165) is 23.9 Å². The second kappa shape index (κ2) is 7.00. The van der Waals surface area contributed by atoms with Crippen LogP contribution in [0.2, 0.25) is 0 Å². The lowest BCUT2D eigenvalue weighted by molar-refractivity contribution is -0.126. The molecule has 0 saturated carbocycles. The summed E-state index contributed by atoms with van der Waals surface area (Å²) in [4.78, 5) is 39.6. The average molecular weight is 421 g/mol. The third kappa shape index (κ3) is 3.23. The van der Waals surface area contributed by atoms with Gasteiger partial charge in [-0.05, 0) is 50.4 Å². The third-order valence-corrected chi connectivity index (χ3v) is 5.85. The first-order chi connectivity index (χ1) is 12.5. The maximum atomic E-state index is 12.9. The fourth-order valence-electron chi connectivity index (χ4n) is 3.97. The molecular weight excluding hydrogens is 400 g/mol. The quantitative estimate of drug-likeness (QED) is 0.671. The molecule has 0 spiro atoms. The monoisotopic (exact) mass is 420 g/mol. The molecule has 4 rings (SSSR count). The van der Waals surface area contributed by atoms with E-state index >= 15 is 0 Å². The van der Waals surface area contributed by atoms with Gasteiger partial charge in [-0.15, -0.1) is 0 Å². The van der Waals surface area contributed by atoms with Gasteiger partial charge in [0.05, 0.1) is 17.3 Å².